The molecular weight excluding hydrogens is 498 g/mol. The number of rotatable bonds is 7. The van der Waals surface area contributed by atoms with Gasteiger partial charge in [-0.3, -0.25) is 9.69 Å². The van der Waals surface area contributed by atoms with Crippen molar-refractivity contribution in [1.29, 1.82) is 0 Å². The van der Waals surface area contributed by atoms with Gasteiger partial charge in [-0.15, -0.1) is 0 Å². The lowest BCUT2D eigenvalue weighted by molar-refractivity contribution is -0.131. The molecule has 4 aromatic rings. The van der Waals surface area contributed by atoms with E-state index in [9.17, 15) is 13.2 Å². The molecule has 0 fully saturated rings. The van der Waals surface area contributed by atoms with Crippen molar-refractivity contribution in [2.75, 3.05) is 6.61 Å². The van der Waals surface area contributed by atoms with Gasteiger partial charge in [-0.05, 0) is 81.1 Å². The van der Waals surface area contributed by atoms with E-state index in [4.69, 9.17) is 4.74 Å². The number of aromatic amines is 1. The standard InChI is InChI=1S/C30H33N3O4S.H2/c1-6-37-27-11-7-9-25-24(27)18-33(17-23-20(3)15-19(2)16-21(23)4)30(25,5)29(34)32-38(35,36)28-12-8-10-26-22(28)13-14-31-26;/h7-16,31H,6,17-18H2,1-5H3,(H,32,34);1H. The van der Waals surface area contributed by atoms with Crippen molar-refractivity contribution in [1.82, 2.24) is 14.6 Å². The number of nitrogens with zero attached hydrogens (tertiary/aromatic N) is 1. The predicted molar refractivity (Wildman–Crippen MR) is 151 cm³/mol. The number of sulfonamides is 1. The Labute approximate surface area is 225 Å². The Bertz CT molecular complexity index is 1640. The molecule has 0 bridgehead atoms. The first-order valence-electron chi connectivity index (χ1n) is 12.8. The number of hydrogen-bond donors (Lipinski definition) is 2. The summed E-state index contributed by atoms with van der Waals surface area (Å²) in [5.41, 5.74) is 5.67. The van der Waals surface area contributed by atoms with Crippen molar-refractivity contribution in [2.45, 2.75) is 58.1 Å². The van der Waals surface area contributed by atoms with Gasteiger partial charge < -0.3 is 9.72 Å². The highest BCUT2D eigenvalue weighted by atomic mass is 32.2. The second-order valence-corrected chi connectivity index (χ2v) is 11.8. The van der Waals surface area contributed by atoms with E-state index in [1.54, 1.807) is 31.3 Å². The normalized spacial score (nSPS) is 17.5. The fourth-order valence-corrected chi connectivity index (χ4v) is 6.97. The van der Waals surface area contributed by atoms with E-state index in [2.05, 4.69) is 42.6 Å². The lowest BCUT2D eigenvalue weighted by Gasteiger charge is -2.35. The number of aryl methyl sites for hydroxylation is 3. The van der Waals surface area contributed by atoms with Crippen LogP contribution in [0.1, 0.15) is 48.7 Å². The molecular formula is C30H35N3O4S. The molecule has 200 valence electrons. The summed E-state index contributed by atoms with van der Waals surface area (Å²) >= 11 is 0. The maximum absolute atomic E-state index is 14.1. The van der Waals surface area contributed by atoms with Gasteiger partial charge in [0.2, 0.25) is 0 Å². The monoisotopic (exact) mass is 533 g/mol. The number of fused-ring (bicyclic) bond motifs is 2. The number of hydrogen-bond acceptors (Lipinski definition) is 5. The Kier molecular flexibility index (Phi) is 6.57. The van der Waals surface area contributed by atoms with Gasteiger partial charge in [0.15, 0.2) is 0 Å². The second-order valence-electron chi connectivity index (χ2n) is 10.2. The number of ether oxygens (including phenoxy) is 1. The van der Waals surface area contributed by atoms with Crippen LogP contribution in [0.2, 0.25) is 0 Å². The van der Waals surface area contributed by atoms with E-state index in [-0.39, 0.29) is 6.32 Å². The van der Waals surface area contributed by atoms with Crippen molar-refractivity contribution < 1.29 is 19.4 Å². The molecule has 2 N–H and O–H groups in total. The number of carbonyl (C=O) groups is 1. The van der Waals surface area contributed by atoms with E-state index in [1.807, 2.05) is 30.0 Å². The number of aromatic nitrogens is 1. The van der Waals surface area contributed by atoms with Gasteiger partial charge in [0.1, 0.15) is 11.3 Å². The molecule has 3 aromatic carbocycles. The highest BCUT2D eigenvalue weighted by Crippen LogP contribution is 2.44. The minimum Gasteiger partial charge on any atom is -0.494 e. The van der Waals surface area contributed by atoms with Crippen LogP contribution in [0.5, 0.6) is 5.75 Å². The number of carbonyl (C=O) groups excluding carboxylic acids is 1. The van der Waals surface area contributed by atoms with Gasteiger partial charge >= 0.3 is 0 Å². The van der Waals surface area contributed by atoms with E-state index >= 15 is 0 Å². The van der Waals surface area contributed by atoms with Gasteiger partial charge in [-0.1, -0.05) is 35.9 Å². The minimum atomic E-state index is -4.15. The van der Waals surface area contributed by atoms with Crippen LogP contribution in [-0.4, -0.2) is 30.8 Å². The Morgan fingerprint density at radius 2 is 1.82 bits per heavy atom. The molecule has 0 radical (unpaired) electrons. The smallest absolute Gasteiger partial charge is 0.264 e. The maximum atomic E-state index is 14.1. The third-order valence-corrected chi connectivity index (χ3v) is 9.03. The molecule has 1 unspecified atom stereocenters. The van der Waals surface area contributed by atoms with Crippen LogP contribution in [-0.2, 0) is 33.4 Å². The minimum absolute atomic E-state index is 0. The van der Waals surface area contributed by atoms with Crippen LogP contribution >= 0.6 is 0 Å². The summed E-state index contributed by atoms with van der Waals surface area (Å²) in [4.78, 5) is 19.2. The lowest BCUT2D eigenvalue weighted by Crippen LogP contribution is -2.52. The molecule has 1 atom stereocenters. The zero-order valence-corrected chi connectivity index (χ0v) is 23.2. The van der Waals surface area contributed by atoms with Crippen LogP contribution in [0, 0.1) is 20.8 Å². The van der Waals surface area contributed by atoms with E-state index in [1.165, 1.54) is 11.6 Å². The van der Waals surface area contributed by atoms with E-state index in [0.29, 0.717) is 36.3 Å². The molecule has 7 nitrogen and oxygen atoms in total. The zero-order chi connectivity index (χ0) is 27.2. The number of nitrogens with one attached hydrogen (secondary N) is 2. The average Bonchev–Trinajstić information content (AvgIpc) is 3.45. The van der Waals surface area contributed by atoms with Crippen molar-refractivity contribution >= 4 is 26.8 Å². The van der Waals surface area contributed by atoms with Gasteiger partial charge in [0, 0.05) is 37.2 Å². The quantitative estimate of drug-likeness (QED) is 0.329. The lowest BCUT2D eigenvalue weighted by atomic mass is 9.89. The Hall–Kier alpha value is -3.62. The SMILES string of the molecule is CCOc1cccc2c1CN(Cc1c(C)cc(C)cc1C)C2(C)C(=O)NS(=O)(=O)c1cccc2[nH]ccc12.[HH]. The summed E-state index contributed by atoms with van der Waals surface area (Å²) in [6, 6.07) is 16.6. The molecule has 5 rings (SSSR count). The Balaban J connectivity index is 0.00000353. The molecule has 8 heteroatoms. The van der Waals surface area contributed by atoms with Crippen molar-refractivity contribution in [3.63, 3.8) is 0 Å². The summed E-state index contributed by atoms with van der Waals surface area (Å²) < 4.78 is 35.4. The fourth-order valence-electron chi connectivity index (χ4n) is 5.69. The highest BCUT2D eigenvalue weighted by Gasteiger charge is 2.49. The summed E-state index contributed by atoms with van der Waals surface area (Å²) in [6.45, 7) is 11.4. The molecule has 1 amide bonds. The average molecular weight is 534 g/mol. The van der Waals surface area contributed by atoms with Crippen molar-refractivity contribution in [2.24, 2.45) is 0 Å². The van der Waals surface area contributed by atoms with Gasteiger partial charge in [0.05, 0.1) is 11.5 Å². The summed E-state index contributed by atoms with van der Waals surface area (Å²) in [6.07, 6.45) is 1.68. The first-order chi connectivity index (χ1) is 18.1. The summed E-state index contributed by atoms with van der Waals surface area (Å²) in [5.74, 6) is 0.115. The van der Waals surface area contributed by atoms with Crippen LogP contribution in [0.25, 0.3) is 10.9 Å². The highest BCUT2D eigenvalue weighted by molar-refractivity contribution is 7.90. The molecule has 1 aromatic heterocycles. The maximum Gasteiger partial charge on any atom is 0.264 e. The second kappa shape index (κ2) is 9.60. The Morgan fingerprint density at radius 3 is 2.53 bits per heavy atom. The number of amides is 1. The first kappa shape index (κ1) is 26.0. The molecule has 0 spiro atoms. The molecule has 1 aliphatic heterocycles. The van der Waals surface area contributed by atoms with Gasteiger partial charge in [0.25, 0.3) is 15.9 Å². The third-order valence-electron chi connectivity index (χ3n) is 7.64. The first-order valence-corrected chi connectivity index (χ1v) is 14.2. The van der Waals surface area contributed by atoms with Crippen LogP contribution in [0.3, 0.4) is 0 Å². The molecule has 2 heterocycles. The van der Waals surface area contributed by atoms with Crippen LogP contribution < -0.4 is 9.46 Å². The van der Waals surface area contributed by atoms with Crippen molar-refractivity contribution in [3.8, 4) is 5.75 Å². The van der Waals surface area contributed by atoms with Crippen molar-refractivity contribution in [3.05, 3.63) is 94.2 Å². The number of benzene rings is 3. The molecule has 0 aliphatic carbocycles. The van der Waals surface area contributed by atoms with Gasteiger partial charge in [-0.2, -0.15) is 0 Å². The topological polar surface area (TPSA) is 91.5 Å². The van der Waals surface area contributed by atoms with E-state index < -0.39 is 21.5 Å². The van der Waals surface area contributed by atoms with Crippen LogP contribution in [0.15, 0.2) is 65.7 Å². The predicted octanol–water partition coefficient (Wildman–Crippen LogP) is 5.47. The molecule has 1 aliphatic rings. The fraction of sp³-hybridized carbons (Fsp3) is 0.300. The van der Waals surface area contributed by atoms with E-state index in [0.717, 1.165) is 27.8 Å². The molecule has 0 saturated carbocycles. The summed E-state index contributed by atoms with van der Waals surface area (Å²) in [5, 5.41) is 0.533. The third kappa shape index (κ3) is 4.27. The molecule has 38 heavy (non-hydrogen) atoms. The zero-order valence-electron chi connectivity index (χ0n) is 22.4. The van der Waals surface area contributed by atoms with Gasteiger partial charge in [-0.25, -0.2) is 13.1 Å². The summed E-state index contributed by atoms with van der Waals surface area (Å²) in [7, 11) is -4.15. The molecule has 0 saturated heterocycles. The largest absolute Gasteiger partial charge is 0.494 e. The van der Waals surface area contributed by atoms with Crippen LogP contribution in [0.4, 0.5) is 0 Å². The Morgan fingerprint density at radius 1 is 1.11 bits per heavy atom. The number of H-pyrrole nitrogens is 1.